The zero-order valence-electron chi connectivity index (χ0n) is 9.62. The minimum atomic E-state index is -0.497. The van der Waals surface area contributed by atoms with Gasteiger partial charge in [0.15, 0.2) is 0 Å². The zero-order valence-corrected chi connectivity index (χ0v) is 11.2. The van der Waals surface area contributed by atoms with Crippen molar-refractivity contribution >= 4 is 21.9 Å². The summed E-state index contributed by atoms with van der Waals surface area (Å²) in [6.45, 7) is 5.44. The van der Waals surface area contributed by atoms with Crippen LogP contribution >= 0.6 is 15.9 Å². The number of carbonyl (C=O) groups is 1. The molecular formula is C12H15BrO3. The van der Waals surface area contributed by atoms with E-state index in [1.54, 1.807) is 12.1 Å². The largest absolute Gasteiger partial charge is 0.373 e. The summed E-state index contributed by atoms with van der Waals surface area (Å²) < 4.78 is 0. The molecule has 0 amide bonds. The van der Waals surface area contributed by atoms with Crippen LogP contribution < -0.4 is 0 Å². The molecule has 0 bridgehead atoms. The lowest BCUT2D eigenvalue weighted by atomic mass is 10.1. The average molecular weight is 287 g/mol. The van der Waals surface area contributed by atoms with Gasteiger partial charge in [-0.05, 0) is 38.5 Å². The van der Waals surface area contributed by atoms with Crippen LogP contribution in [0.5, 0.6) is 0 Å². The van der Waals surface area contributed by atoms with E-state index in [1.165, 1.54) is 0 Å². The highest BCUT2D eigenvalue weighted by Crippen LogP contribution is 2.12. The second-order valence-electron chi connectivity index (χ2n) is 4.40. The van der Waals surface area contributed by atoms with Gasteiger partial charge in [-0.2, -0.15) is 4.89 Å². The van der Waals surface area contributed by atoms with Gasteiger partial charge in [-0.15, -0.1) is 0 Å². The maximum Gasteiger partial charge on any atom is 0.373 e. The standard InChI is InChI=1S/C12H15BrO3/c1-12(2,3)16-15-11(14)10-6-4-5-9(7-10)8-13/h4-7H,8H2,1-3H3. The number of hydrogen-bond donors (Lipinski definition) is 0. The summed E-state index contributed by atoms with van der Waals surface area (Å²) >= 11 is 3.33. The molecule has 88 valence electrons. The molecule has 1 rings (SSSR count). The third-order valence-electron chi connectivity index (χ3n) is 1.68. The third-order valence-corrected chi connectivity index (χ3v) is 2.33. The van der Waals surface area contributed by atoms with E-state index in [9.17, 15) is 4.79 Å². The zero-order chi connectivity index (χ0) is 12.2. The van der Waals surface area contributed by atoms with Crippen molar-refractivity contribution in [1.82, 2.24) is 0 Å². The van der Waals surface area contributed by atoms with Crippen LogP contribution in [0.15, 0.2) is 24.3 Å². The summed E-state index contributed by atoms with van der Waals surface area (Å²) in [6.07, 6.45) is 0. The van der Waals surface area contributed by atoms with Crippen LogP contribution in [-0.4, -0.2) is 11.6 Å². The Hall–Kier alpha value is -0.870. The Morgan fingerprint density at radius 1 is 1.38 bits per heavy atom. The molecule has 4 heteroatoms. The Kier molecular flexibility index (Phi) is 4.50. The molecule has 0 atom stereocenters. The molecule has 0 aromatic heterocycles. The van der Waals surface area contributed by atoms with Crippen molar-refractivity contribution in [2.45, 2.75) is 31.7 Å². The third kappa shape index (κ3) is 4.33. The van der Waals surface area contributed by atoms with E-state index in [0.29, 0.717) is 10.9 Å². The first-order chi connectivity index (χ1) is 7.42. The first-order valence-corrected chi connectivity index (χ1v) is 6.09. The first-order valence-electron chi connectivity index (χ1n) is 4.97. The summed E-state index contributed by atoms with van der Waals surface area (Å²) in [7, 11) is 0. The summed E-state index contributed by atoms with van der Waals surface area (Å²) in [6, 6.07) is 7.20. The van der Waals surface area contributed by atoms with Gasteiger partial charge in [-0.1, -0.05) is 28.1 Å². The van der Waals surface area contributed by atoms with Gasteiger partial charge >= 0.3 is 5.97 Å². The van der Waals surface area contributed by atoms with Crippen LogP contribution in [0.2, 0.25) is 0 Å². The molecule has 0 spiro atoms. The summed E-state index contributed by atoms with van der Waals surface area (Å²) in [5.41, 5.74) is 1.01. The maximum absolute atomic E-state index is 11.6. The Morgan fingerprint density at radius 3 is 2.62 bits per heavy atom. The number of halogens is 1. The second kappa shape index (κ2) is 5.46. The summed E-state index contributed by atoms with van der Waals surface area (Å²) in [4.78, 5) is 21.3. The van der Waals surface area contributed by atoms with Gasteiger partial charge in [0.25, 0.3) is 0 Å². The molecule has 1 aromatic rings. The van der Waals surface area contributed by atoms with E-state index in [2.05, 4.69) is 15.9 Å². The predicted molar refractivity (Wildman–Crippen MR) is 65.3 cm³/mol. The van der Waals surface area contributed by atoms with Crippen molar-refractivity contribution in [3.8, 4) is 0 Å². The van der Waals surface area contributed by atoms with Gasteiger partial charge in [-0.25, -0.2) is 4.79 Å². The molecule has 0 radical (unpaired) electrons. The van der Waals surface area contributed by atoms with Gasteiger partial charge in [0.1, 0.15) is 5.60 Å². The lowest BCUT2D eigenvalue weighted by molar-refractivity contribution is -0.301. The van der Waals surface area contributed by atoms with Crippen LogP contribution in [0.3, 0.4) is 0 Å². The van der Waals surface area contributed by atoms with Gasteiger partial charge in [0.05, 0.1) is 5.56 Å². The molecule has 0 aliphatic heterocycles. The topological polar surface area (TPSA) is 35.5 Å². The van der Waals surface area contributed by atoms with Gasteiger partial charge in [-0.3, -0.25) is 4.89 Å². The van der Waals surface area contributed by atoms with E-state index < -0.39 is 11.6 Å². The molecule has 0 fully saturated rings. The molecule has 3 nitrogen and oxygen atoms in total. The number of benzene rings is 1. The Labute approximate surface area is 104 Å². The highest BCUT2D eigenvalue weighted by atomic mass is 79.9. The smallest absolute Gasteiger partial charge is 0.292 e. The fourth-order valence-corrected chi connectivity index (χ4v) is 1.34. The fraction of sp³-hybridized carbons (Fsp3) is 0.417. The van der Waals surface area contributed by atoms with Gasteiger partial charge in [0, 0.05) is 5.33 Å². The Morgan fingerprint density at radius 2 is 2.06 bits per heavy atom. The van der Waals surface area contributed by atoms with Crippen molar-refractivity contribution in [2.24, 2.45) is 0 Å². The maximum atomic E-state index is 11.6. The van der Waals surface area contributed by atoms with Crippen molar-refractivity contribution < 1.29 is 14.6 Å². The Bertz CT molecular complexity index is 369. The molecule has 0 aliphatic carbocycles. The van der Waals surface area contributed by atoms with E-state index in [4.69, 9.17) is 9.78 Å². The first kappa shape index (κ1) is 13.2. The summed E-state index contributed by atoms with van der Waals surface area (Å²) in [5, 5.41) is 0.703. The number of carbonyl (C=O) groups excluding carboxylic acids is 1. The SMILES string of the molecule is CC(C)(C)OOC(=O)c1cccc(CBr)c1. The minimum Gasteiger partial charge on any atom is -0.292 e. The monoisotopic (exact) mass is 286 g/mol. The number of rotatable bonds is 3. The number of alkyl halides is 1. The molecule has 0 saturated carbocycles. The molecular weight excluding hydrogens is 272 g/mol. The highest BCUT2D eigenvalue weighted by molar-refractivity contribution is 9.08. The van der Waals surface area contributed by atoms with Crippen LogP contribution in [0.25, 0.3) is 0 Å². The highest BCUT2D eigenvalue weighted by Gasteiger charge is 2.16. The lowest BCUT2D eigenvalue weighted by Gasteiger charge is -2.16. The quantitative estimate of drug-likeness (QED) is 0.485. The molecule has 0 N–H and O–H groups in total. The molecule has 16 heavy (non-hydrogen) atoms. The number of hydrogen-bond acceptors (Lipinski definition) is 3. The van der Waals surface area contributed by atoms with E-state index >= 15 is 0 Å². The predicted octanol–water partition coefficient (Wildman–Crippen LogP) is 3.47. The van der Waals surface area contributed by atoms with Crippen LogP contribution in [0.4, 0.5) is 0 Å². The normalized spacial score (nSPS) is 11.2. The molecule has 0 unspecified atom stereocenters. The van der Waals surface area contributed by atoms with Crippen LogP contribution in [-0.2, 0) is 15.1 Å². The van der Waals surface area contributed by atoms with Crippen molar-refractivity contribution in [1.29, 1.82) is 0 Å². The van der Waals surface area contributed by atoms with Crippen LogP contribution in [0, 0.1) is 0 Å². The van der Waals surface area contributed by atoms with Crippen LogP contribution in [0.1, 0.15) is 36.7 Å². The van der Waals surface area contributed by atoms with Crippen molar-refractivity contribution in [3.63, 3.8) is 0 Å². The molecule has 0 heterocycles. The minimum absolute atomic E-state index is 0.474. The lowest BCUT2D eigenvalue weighted by Crippen LogP contribution is -2.21. The molecule has 1 aromatic carbocycles. The van der Waals surface area contributed by atoms with E-state index in [-0.39, 0.29) is 0 Å². The fourth-order valence-electron chi connectivity index (χ4n) is 0.992. The average Bonchev–Trinajstić information content (AvgIpc) is 2.25. The van der Waals surface area contributed by atoms with E-state index in [1.807, 2.05) is 32.9 Å². The second-order valence-corrected chi connectivity index (χ2v) is 4.96. The van der Waals surface area contributed by atoms with Crippen molar-refractivity contribution in [3.05, 3.63) is 35.4 Å². The van der Waals surface area contributed by atoms with Gasteiger partial charge in [0.2, 0.25) is 0 Å². The Balaban J connectivity index is 2.66. The van der Waals surface area contributed by atoms with Crippen molar-refractivity contribution in [2.75, 3.05) is 0 Å². The van der Waals surface area contributed by atoms with E-state index in [0.717, 1.165) is 5.56 Å². The summed E-state index contributed by atoms with van der Waals surface area (Å²) in [5.74, 6) is -0.474. The molecule has 0 saturated heterocycles. The van der Waals surface area contributed by atoms with Gasteiger partial charge < -0.3 is 0 Å². The molecule has 0 aliphatic rings.